The van der Waals surface area contributed by atoms with E-state index in [0.29, 0.717) is 0 Å². The Bertz CT molecular complexity index is 122. The molecule has 0 radical (unpaired) electrons. The summed E-state index contributed by atoms with van der Waals surface area (Å²) >= 11 is -0.556. The van der Waals surface area contributed by atoms with Crippen LogP contribution in [0.1, 0.15) is 32.6 Å². The fourth-order valence-corrected chi connectivity index (χ4v) is 0.711. The van der Waals surface area contributed by atoms with Crippen LogP contribution in [0, 0.1) is 6.92 Å². The minimum atomic E-state index is -0.556. The molecule has 0 saturated heterocycles. The molecule has 0 nitrogen and oxygen atoms in total. The number of unbranched alkanes of at least 4 members (excludes halogenated alkanes) is 2. The molecule has 0 bridgehead atoms. The molecular weight excluding hydrogens is 239 g/mol. The van der Waals surface area contributed by atoms with Gasteiger partial charge in [0.05, 0.1) is 0 Å². The summed E-state index contributed by atoms with van der Waals surface area (Å²) in [5.41, 5.74) is 0. The summed E-state index contributed by atoms with van der Waals surface area (Å²) < 4.78 is 0. The minimum absolute atomic E-state index is 0.556. The number of halogens is 2. The van der Waals surface area contributed by atoms with E-state index in [1.807, 2.05) is 6.08 Å². The van der Waals surface area contributed by atoms with Gasteiger partial charge in [-0.05, 0) is 6.42 Å². The number of hydrogen-bond acceptors (Lipinski definition) is 0. The molecule has 0 aromatic rings. The van der Waals surface area contributed by atoms with E-state index in [4.69, 9.17) is 18.6 Å². The van der Waals surface area contributed by atoms with Crippen LogP contribution in [0.5, 0.6) is 0 Å². The standard InChI is InChI=1S/C10H17.2ClH.Ti/c1-3-5-7-9-10-8-6-4-2;;;/h3,5,9-10H,1,4,6-8H2,2H3;2*1H;/q-1;;;+2/p-2. The van der Waals surface area contributed by atoms with Crippen molar-refractivity contribution in [2.45, 2.75) is 32.6 Å². The van der Waals surface area contributed by atoms with Crippen molar-refractivity contribution in [3.8, 4) is 0 Å². The van der Waals surface area contributed by atoms with E-state index in [2.05, 4.69) is 32.1 Å². The van der Waals surface area contributed by atoms with Crippen LogP contribution in [0.4, 0.5) is 0 Å². The third-order valence-electron chi connectivity index (χ3n) is 1.33. The monoisotopic (exact) mass is 255 g/mol. The van der Waals surface area contributed by atoms with Crippen molar-refractivity contribution >= 4 is 18.6 Å². The van der Waals surface area contributed by atoms with Crippen molar-refractivity contribution in [1.82, 2.24) is 0 Å². The molecule has 0 amide bonds. The third kappa shape index (κ3) is 24.5. The third-order valence-corrected chi connectivity index (χ3v) is 1.33. The van der Waals surface area contributed by atoms with Crippen LogP contribution in [0.25, 0.3) is 0 Å². The molecule has 0 fully saturated rings. The Morgan fingerprint density at radius 1 is 1.23 bits per heavy atom. The first kappa shape index (κ1) is 16.1. The summed E-state index contributed by atoms with van der Waals surface area (Å²) in [4.78, 5) is 0. The molecule has 0 N–H and O–H groups in total. The maximum atomic E-state index is 4.89. The van der Waals surface area contributed by atoms with Crippen LogP contribution in [-0.4, -0.2) is 0 Å². The molecule has 0 rings (SSSR count). The van der Waals surface area contributed by atoms with E-state index < -0.39 is 17.0 Å². The SMILES string of the molecule is [CH2-]C=CCC=CCCCC.[Cl][Ti][Cl]. The average molecular weight is 256 g/mol. The van der Waals surface area contributed by atoms with Gasteiger partial charge in [0.2, 0.25) is 0 Å². The second kappa shape index (κ2) is 18.4. The fraction of sp³-hybridized carbons (Fsp3) is 0.500. The summed E-state index contributed by atoms with van der Waals surface area (Å²) in [7, 11) is 9.78. The normalized spacial score (nSPS) is 10.1. The van der Waals surface area contributed by atoms with E-state index in [0.717, 1.165) is 6.42 Å². The molecule has 0 aliphatic heterocycles. The first-order chi connectivity index (χ1) is 6.33. The molecule has 13 heavy (non-hydrogen) atoms. The Kier molecular flexibility index (Phi) is 22.8. The van der Waals surface area contributed by atoms with Crippen molar-refractivity contribution < 1.29 is 17.0 Å². The van der Waals surface area contributed by atoms with Crippen molar-refractivity contribution in [2.75, 3.05) is 0 Å². The Labute approximate surface area is 99.1 Å². The molecule has 0 unspecified atom stereocenters. The molecule has 0 saturated carbocycles. The summed E-state index contributed by atoms with van der Waals surface area (Å²) in [6, 6.07) is 0. The van der Waals surface area contributed by atoms with Gasteiger partial charge in [-0.25, -0.2) is 19.1 Å². The fourth-order valence-electron chi connectivity index (χ4n) is 0.711. The molecule has 0 aliphatic rings. The molecular formula is C10H17Cl2Ti-. The Morgan fingerprint density at radius 3 is 2.31 bits per heavy atom. The topological polar surface area (TPSA) is 0 Å². The summed E-state index contributed by atoms with van der Waals surface area (Å²) in [6.45, 7) is 5.82. The first-order valence-corrected chi connectivity index (χ1v) is 8.68. The Hall–Kier alpha value is 0.644. The van der Waals surface area contributed by atoms with Crippen LogP contribution in [0.2, 0.25) is 0 Å². The van der Waals surface area contributed by atoms with Gasteiger partial charge in [-0.15, -0.1) is 6.08 Å². The van der Waals surface area contributed by atoms with E-state index in [-0.39, 0.29) is 0 Å². The quantitative estimate of drug-likeness (QED) is 0.284. The van der Waals surface area contributed by atoms with Gasteiger partial charge in [0.15, 0.2) is 0 Å². The first-order valence-electron chi connectivity index (χ1n) is 4.38. The molecule has 0 aromatic carbocycles. The summed E-state index contributed by atoms with van der Waals surface area (Å²) in [5, 5.41) is 0. The van der Waals surface area contributed by atoms with E-state index >= 15 is 0 Å². The van der Waals surface area contributed by atoms with Crippen molar-refractivity contribution in [2.24, 2.45) is 0 Å². The van der Waals surface area contributed by atoms with Gasteiger partial charge in [0.25, 0.3) is 0 Å². The summed E-state index contributed by atoms with van der Waals surface area (Å²) in [6.07, 6.45) is 13.2. The maximum absolute atomic E-state index is 4.89. The zero-order valence-corrected chi connectivity index (χ0v) is 11.2. The van der Waals surface area contributed by atoms with Gasteiger partial charge in [0.1, 0.15) is 0 Å². The molecule has 0 atom stereocenters. The predicted molar refractivity (Wildman–Crippen MR) is 59.5 cm³/mol. The average Bonchev–Trinajstić information content (AvgIpc) is 2.13. The van der Waals surface area contributed by atoms with E-state index in [1.54, 1.807) is 0 Å². The van der Waals surface area contributed by atoms with Gasteiger partial charge < -0.3 is 0 Å². The van der Waals surface area contributed by atoms with E-state index in [1.165, 1.54) is 19.3 Å². The van der Waals surface area contributed by atoms with Crippen LogP contribution in [-0.2, 0) is 17.0 Å². The van der Waals surface area contributed by atoms with Crippen LogP contribution < -0.4 is 0 Å². The van der Waals surface area contributed by atoms with Crippen molar-refractivity contribution in [1.29, 1.82) is 0 Å². The van der Waals surface area contributed by atoms with Crippen LogP contribution in [0.3, 0.4) is 0 Å². The van der Waals surface area contributed by atoms with Crippen LogP contribution in [0.15, 0.2) is 24.3 Å². The Balaban J connectivity index is 0. The van der Waals surface area contributed by atoms with Crippen LogP contribution >= 0.6 is 18.6 Å². The van der Waals surface area contributed by atoms with Gasteiger partial charge >= 0.3 is 35.6 Å². The molecule has 0 aliphatic carbocycles. The molecule has 0 heterocycles. The molecule has 0 aromatic heterocycles. The summed E-state index contributed by atoms with van der Waals surface area (Å²) in [5.74, 6) is 0. The molecule has 3 heteroatoms. The zero-order valence-electron chi connectivity index (χ0n) is 8.10. The number of rotatable bonds is 5. The number of allylic oxidation sites excluding steroid dienone is 4. The van der Waals surface area contributed by atoms with Gasteiger partial charge in [-0.3, -0.25) is 0 Å². The Morgan fingerprint density at radius 2 is 1.85 bits per heavy atom. The molecule has 76 valence electrons. The van der Waals surface area contributed by atoms with Gasteiger partial charge in [-0.1, -0.05) is 32.3 Å². The number of hydrogen-bond donors (Lipinski definition) is 0. The van der Waals surface area contributed by atoms with Crippen molar-refractivity contribution in [3.05, 3.63) is 31.2 Å². The van der Waals surface area contributed by atoms with Gasteiger partial charge in [0, 0.05) is 0 Å². The van der Waals surface area contributed by atoms with Gasteiger partial charge in [-0.2, -0.15) is 0 Å². The second-order valence-electron chi connectivity index (χ2n) is 2.39. The second-order valence-corrected chi connectivity index (χ2v) is 4.97. The molecule has 0 spiro atoms. The van der Waals surface area contributed by atoms with E-state index in [9.17, 15) is 0 Å². The zero-order chi connectivity index (χ0) is 10.4. The van der Waals surface area contributed by atoms with Crippen molar-refractivity contribution in [3.63, 3.8) is 0 Å². The predicted octanol–water partition coefficient (Wildman–Crippen LogP) is 4.89.